The van der Waals surface area contributed by atoms with E-state index in [0.717, 1.165) is 0 Å². The molecule has 0 saturated heterocycles. The lowest BCUT2D eigenvalue weighted by Crippen LogP contribution is -2.34. The number of ketones is 1. The minimum atomic E-state index is -0.787. The van der Waals surface area contributed by atoms with E-state index in [4.69, 9.17) is 31.5 Å². The topological polar surface area (TPSA) is 117 Å². The first-order valence-electron chi connectivity index (χ1n) is 8.82. The van der Waals surface area contributed by atoms with E-state index in [2.05, 4.69) is 5.32 Å². The highest BCUT2D eigenvalue weighted by molar-refractivity contribution is 6.30. The Bertz CT molecular complexity index is 916. The molecular formula is C20H19ClN2O6. The summed E-state index contributed by atoms with van der Waals surface area (Å²) in [5, 5.41) is 2.99. The number of benzene rings is 2. The first kappa shape index (κ1) is 20.5. The smallest absolute Gasteiger partial charge is 0.312 e. The zero-order valence-corrected chi connectivity index (χ0v) is 16.1. The first-order chi connectivity index (χ1) is 13.9. The van der Waals surface area contributed by atoms with Crippen LogP contribution < -0.4 is 20.5 Å². The van der Waals surface area contributed by atoms with Gasteiger partial charge in [0.2, 0.25) is 0 Å². The van der Waals surface area contributed by atoms with Crippen molar-refractivity contribution in [3.8, 4) is 11.5 Å². The summed E-state index contributed by atoms with van der Waals surface area (Å²) in [6.07, 6.45) is -0.195. The number of ether oxygens (including phenoxy) is 3. The molecule has 0 aromatic heterocycles. The van der Waals surface area contributed by atoms with E-state index < -0.39 is 24.6 Å². The highest BCUT2D eigenvalue weighted by atomic mass is 35.5. The monoisotopic (exact) mass is 418 g/mol. The lowest BCUT2D eigenvalue weighted by molar-refractivity contribution is -0.143. The molecule has 0 radical (unpaired) electrons. The molecule has 1 aliphatic heterocycles. The van der Waals surface area contributed by atoms with Crippen molar-refractivity contribution in [3.05, 3.63) is 58.6 Å². The lowest BCUT2D eigenvalue weighted by Gasteiger charge is -2.19. The molecule has 0 fully saturated rings. The Morgan fingerprint density at radius 1 is 1.07 bits per heavy atom. The molecule has 1 atom stereocenters. The number of Topliss-reactive ketones (excluding diaryl/α,β-unsaturated/α-hetero) is 1. The molecule has 2 amide bonds. The summed E-state index contributed by atoms with van der Waals surface area (Å²) in [4.78, 5) is 35.8. The summed E-state index contributed by atoms with van der Waals surface area (Å²) >= 11 is 5.86. The van der Waals surface area contributed by atoms with Crippen LogP contribution in [0.4, 0.5) is 4.79 Å². The molecule has 8 nitrogen and oxygen atoms in total. The van der Waals surface area contributed by atoms with Gasteiger partial charge in [0, 0.05) is 10.6 Å². The molecule has 0 aliphatic carbocycles. The third kappa shape index (κ3) is 5.61. The predicted molar refractivity (Wildman–Crippen MR) is 104 cm³/mol. The van der Waals surface area contributed by atoms with Crippen LogP contribution in [-0.4, -0.2) is 37.6 Å². The van der Waals surface area contributed by atoms with Crippen molar-refractivity contribution < 1.29 is 28.6 Å². The standard InChI is InChI=1S/C20H19ClN2O6/c21-14-4-1-12(2-5-14)15(23-20(22)26)10-19(25)29-11-16(24)13-3-6-17-18(9-13)28-8-7-27-17/h1-6,9,15H,7-8,10-11H2,(H3,22,23,26). The van der Waals surface area contributed by atoms with Crippen molar-refractivity contribution in [1.82, 2.24) is 5.32 Å². The minimum Gasteiger partial charge on any atom is -0.486 e. The molecule has 0 bridgehead atoms. The van der Waals surface area contributed by atoms with Gasteiger partial charge in [-0.15, -0.1) is 0 Å². The summed E-state index contributed by atoms with van der Waals surface area (Å²) in [6, 6.07) is 9.85. The van der Waals surface area contributed by atoms with Crippen molar-refractivity contribution >= 4 is 29.4 Å². The fourth-order valence-corrected chi connectivity index (χ4v) is 2.92. The van der Waals surface area contributed by atoms with E-state index in [1.165, 1.54) is 0 Å². The van der Waals surface area contributed by atoms with Gasteiger partial charge in [-0.1, -0.05) is 23.7 Å². The number of nitrogens with two attached hydrogens (primary N) is 1. The SMILES string of the molecule is NC(=O)NC(CC(=O)OCC(=O)c1ccc2c(c1)OCCO2)c1ccc(Cl)cc1. The Balaban J connectivity index is 1.59. The second-order valence-electron chi connectivity index (χ2n) is 6.26. The molecular weight excluding hydrogens is 400 g/mol. The number of carbonyl (C=O) groups is 3. The molecule has 3 rings (SSSR count). The van der Waals surface area contributed by atoms with Crippen molar-refractivity contribution in [3.63, 3.8) is 0 Å². The fraction of sp³-hybridized carbons (Fsp3) is 0.250. The maximum atomic E-state index is 12.3. The maximum Gasteiger partial charge on any atom is 0.312 e. The number of carbonyl (C=O) groups excluding carboxylic acids is 3. The van der Waals surface area contributed by atoms with E-state index >= 15 is 0 Å². The van der Waals surface area contributed by atoms with Crippen LogP contribution >= 0.6 is 11.6 Å². The third-order valence-electron chi connectivity index (χ3n) is 4.19. The summed E-state index contributed by atoms with van der Waals surface area (Å²) in [5.41, 5.74) is 6.15. The van der Waals surface area contributed by atoms with Crippen LogP contribution in [-0.2, 0) is 9.53 Å². The first-order valence-corrected chi connectivity index (χ1v) is 9.20. The van der Waals surface area contributed by atoms with Gasteiger partial charge < -0.3 is 25.3 Å². The van der Waals surface area contributed by atoms with Gasteiger partial charge in [0.1, 0.15) is 13.2 Å². The lowest BCUT2D eigenvalue weighted by atomic mass is 10.0. The van der Waals surface area contributed by atoms with E-state index in [0.29, 0.717) is 40.9 Å². The molecule has 3 N–H and O–H groups in total. The van der Waals surface area contributed by atoms with E-state index in [9.17, 15) is 14.4 Å². The second kappa shape index (κ2) is 9.29. The maximum absolute atomic E-state index is 12.3. The molecule has 29 heavy (non-hydrogen) atoms. The van der Waals surface area contributed by atoms with Crippen LogP contribution in [0.3, 0.4) is 0 Å². The number of primary amides is 1. The Hall–Kier alpha value is -3.26. The normalized spacial score (nSPS) is 13.3. The van der Waals surface area contributed by atoms with Crippen molar-refractivity contribution in [2.45, 2.75) is 12.5 Å². The van der Waals surface area contributed by atoms with Crippen molar-refractivity contribution in [2.75, 3.05) is 19.8 Å². The Morgan fingerprint density at radius 3 is 2.45 bits per heavy atom. The largest absolute Gasteiger partial charge is 0.486 e. The van der Waals surface area contributed by atoms with Crippen LogP contribution in [0.5, 0.6) is 11.5 Å². The number of esters is 1. The molecule has 1 heterocycles. The van der Waals surface area contributed by atoms with Gasteiger partial charge in [-0.05, 0) is 35.9 Å². The Morgan fingerprint density at radius 2 is 1.76 bits per heavy atom. The summed E-state index contributed by atoms with van der Waals surface area (Å²) in [6.45, 7) is 0.410. The number of rotatable bonds is 7. The quantitative estimate of drug-likeness (QED) is 0.527. The van der Waals surface area contributed by atoms with Crippen LogP contribution in [0.2, 0.25) is 5.02 Å². The van der Waals surface area contributed by atoms with Crippen LogP contribution in [0.25, 0.3) is 0 Å². The van der Waals surface area contributed by atoms with Gasteiger partial charge in [0.15, 0.2) is 23.9 Å². The number of halogens is 1. The highest BCUT2D eigenvalue weighted by Crippen LogP contribution is 2.30. The molecule has 9 heteroatoms. The van der Waals surface area contributed by atoms with Crippen LogP contribution in [0.15, 0.2) is 42.5 Å². The van der Waals surface area contributed by atoms with Gasteiger partial charge >= 0.3 is 12.0 Å². The van der Waals surface area contributed by atoms with Gasteiger partial charge in [-0.25, -0.2) is 4.79 Å². The van der Waals surface area contributed by atoms with Gasteiger partial charge in [0.05, 0.1) is 12.5 Å². The Labute approximate surface area is 171 Å². The van der Waals surface area contributed by atoms with E-state index in [1.807, 2.05) is 0 Å². The van der Waals surface area contributed by atoms with Gasteiger partial charge in [0.25, 0.3) is 0 Å². The molecule has 0 saturated carbocycles. The molecule has 1 unspecified atom stereocenters. The van der Waals surface area contributed by atoms with Crippen LogP contribution in [0.1, 0.15) is 28.4 Å². The fourth-order valence-electron chi connectivity index (χ4n) is 2.79. The zero-order chi connectivity index (χ0) is 20.8. The van der Waals surface area contributed by atoms with Gasteiger partial charge in [-0.2, -0.15) is 0 Å². The number of hydrogen-bond acceptors (Lipinski definition) is 6. The number of fused-ring (bicyclic) bond motifs is 1. The minimum absolute atomic E-state index is 0.195. The Kier molecular flexibility index (Phi) is 6.56. The van der Waals surface area contributed by atoms with Crippen LogP contribution in [0, 0.1) is 0 Å². The number of nitrogens with one attached hydrogen (secondary N) is 1. The number of urea groups is 1. The molecule has 2 aromatic rings. The van der Waals surface area contributed by atoms with E-state index in [1.54, 1.807) is 42.5 Å². The molecule has 152 valence electrons. The molecule has 1 aliphatic rings. The predicted octanol–water partition coefficient (Wildman–Crippen LogP) is 2.64. The third-order valence-corrected chi connectivity index (χ3v) is 4.44. The highest BCUT2D eigenvalue weighted by Gasteiger charge is 2.20. The zero-order valence-electron chi connectivity index (χ0n) is 15.4. The summed E-state index contributed by atoms with van der Waals surface area (Å²) < 4.78 is 15.9. The van der Waals surface area contributed by atoms with E-state index in [-0.39, 0.29) is 12.2 Å². The van der Waals surface area contributed by atoms with Gasteiger partial charge in [-0.3, -0.25) is 9.59 Å². The molecule has 2 aromatic carbocycles. The molecule has 0 spiro atoms. The average molecular weight is 419 g/mol. The van der Waals surface area contributed by atoms with Crippen molar-refractivity contribution in [2.24, 2.45) is 5.73 Å². The summed E-state index contributed by atoms with van der Waals surface area (Å²) in [5.74, 6) is -0.0131. The summed E-state index contributed by atoms with van der Waals surface area (Å²) in [7, 11) is 0. The number of amides is 2. The second-order valence-corrected chi connectivity index (χ2v) is 6.70. The average Bonchev–Trinajstić information content (AvgIpc) is 2.71. The van der Waals surface area contributed by atoms with Crippen molar-refractivity contribution in [1.29, 1.82) is 0 Å². The number of hydrogen-bond donors (Lipinski definition) is 2.